The van der Waals surface area contributed by atoms with Gasteiger partial charge in [0.15, 0.2) is 5.65 Å². The molecule has 31 heavy (non-hydrogen) atoms. The highest BCUT2D eigenvalue weighted by Gasteiger charge is 2.31. The molecule has 0 saturated carbocycles. The second kappa shape index (κ2) is 7.56. The van der Waals surface area contributed by atoms with Crippen LogP contribution in [0.2, 0.25) is 0 Å². The lowest BCUT2D eigenvalue weighted by Crippen LogP contribution is -2.19. The molecule has 2 N–H and O–H groups in total. The van der Waals surface area contributed by atoms with Gasteiger partial charge in [0, 0.05) is 18.0 Å². The Morgan fingerprint density at radius 1 is 1.29 bits per heavy atom. The van der Waals surface area contributed by atoms with E-state index in [1.165, 1.54) is 6.33 Å². The molecule has 0 unspecified atom stereocenters. The van der Waals surface area contributed by atoms with E-state index in [2.05, 4.69) is 25.4 Å². The fraction of sp³-hybridized carbons (Fsp3) is 0.300. The number of hydrogen-bond acceptors (Lipinski definition) is 6. The molecular formula is C20H19F3N6O2. The van der Waals surface area contributed by atoms with Crippen molar-refractivity contribution in [3.05, 3.63) is 35.7 Å². The molecule has 0 radical (unpaired) electrons. The van der Waals surface area contributed by atoms with Crippen molar-refractivity contribution < 1.29 is 22.7 Å². The summed E-state index contributed by atoms with van der Waals surface area (Å²) in [5.41, 5.74) is 2.66. The molecule has 0 spiro atoms. The van der Waals surface area contributed by atoms with Crippen molar-refractivity contribution in [2.24, 2.45) is 0 Å². The van der Waals surface area contributed by atoms with E-state index in [-0.39, 0.29) is 17.9 Å². The van der Waals surface area contributed by atoms with E-state index >= 15 is 0 Å². The van der Waals surface area contributed by atoms with Crippen molar-refractivity contribution in [1.29, 1.82) is 0 Å². The number of alkyl halides is 3. The molecule has 162 valence electrons. The Morgan fingerprint density at radius 2 is 2.06 bits per heavy atom. The fourth-order valence-electron chi connectivity index (χ4n) is 3.57. The summed E-state index contributed by atoms with van der Waals surface area (Å²) in [6, 6.07) is 5.06. The van der Waals surface area contributed by atoms with Crippen LogP contribution in [0.15, 0.2) is 24.5 Å². The number of aryl methyl sites for hydroxylation is 1. The zero-order valence-electron chi connectivity index (χ0n) is 17.0. The van der Waals surface area contributed by atoms with Crippen LogP contribution in [0.3, 0.4) is 0 Å². The van der Waals surface area contributed by atoms with Gasteiger partial charge in [0.25, 0.3) is 0 Å². The van der Waals surface area contributed by atoms with E-state index in [1.54, 1.807) is 32.2 Å². The summed E-state index contributed by atoms with van der Waals surface area (Å²) in [6.45, 7) is 2.52. The average molecular weight is 432 g/mol. The first kappa shape index (κ1) is 20.6. The molecule has 1 aromatic carbocycles. The normalized spacial score (nSPS) is 11.9. The summed E-state index contributed by atoms with van der Waals surface area (Å²) in [5.74, 6) is -0.0947. The van der Waals surface area contributed by atoms with Gasteiger partial charge >= 0.3 is 12.1 Å². The molecule has 3 aromatic heterocycles. The number of nitrogens with one attached hydrogen (secondary N) is 2. The van der Waals surface area contributed by atoms with Crippen LogP contribution >= 0.6 is 0 Å². The van der Waals surface area contributed by atoms with Gasteiger partial charge < -0.3 is 15.0 Å². The van der Waals surface area contributed by atoms with Crippen molar-refractivity contribution in [2.45, 2.75) is 26.6 Å². The number of aromatic nitrogens is 5. The minimum atomic E-state index is -4.47. The maximum absolute atomic E-state index is 13.1. The van der Waals surface area contributed by atoms with E-state index in [0.717, 1.165) is 15.6 Å². The number of ether oxygens (including phenoxy) is 1. The third kappa shape index (κ3) is 3.66. The molecule has 11 heteroatoms. The van der Waals surface area contributed by atoms with Crippen molar-refractivity contribution in [2.75, 3.05) is 19.0 Å². The number of carbonyl (C=O) groups excluding carboxylic acids is 1. The van der Waals surface area contributed by atoms with Crippen LogP contribution in [-0.4, -0.2) is 50.5 Å². The zero-order chi connectivity index (χ0) is 22.3. The Bertz CT molecular complexity index is 1290. The van der Waals surface area contributed by atoms with Gasteiger partial charge in [-0.05, 0) is 31.5 Å². The number of benzene rings is 1. The zero-order valence-corrected chi connectivity index (χ0v) is 17.0. The molecule has 8 nitrogen and oxygen atoms in total. The predicted molar refractivity (Wildman–Crippen MR) is 109 cm³/mol. The maximum atomic E-state index is 13.1. The monoisotopic (exact) mass is 432 g/mol. The van der Waals surface area contributed by atoms with Crippen molar-refractivity contribution >= 4 is 33.7 Å². The molecule has 0 fully saturated rings. The lowest BCUT2D eigenvalue weighted by molar-refractivity contribution is -0.141. The fourth-order valence-corrected chi connectivity index (χ4v) is 3.57. The molecule has 0 aliphatic rings. The van der Waals surface area contributed by atoms with E-state index in [0.29, 0.717) is 28.0 Å². The molecule has 0 saturated heterocycles. The molecule has 4 aromatic rings. The average Bonchev–Trinajstić information content (AvgIpc) is 3.24. The quantitative estimate of drug-likeness (QED) is 0.462. The smallest absolute Gasteiger partial charge is 0.408 e. The summed E-state index contributed by atoms with van der Waals surface area (Å²) >= 11 is 0. The molecule has 3 heterocycles. The van der Waals surface area contributed by atoms with Gasteiger partial charge in [-0.25, -0.2) is 19.4 Å². The van der Waals surface area contributed by atoms with Crippen LogP contribution in [-0.2, 0) is 11.3 Å². The minimum Gasteiger partial charge on any atom is -0.462 e. The number of carbonyl (C=O) groups is 1. The number of rotatable bonds is 5. The third-order valence-electron chi connectivity index (χ3n) is 4.90. The van der Waals surface area contributed by atoms with Gasteiger partial charge in [-0.3, -0.25) is 0 Å². The second-order valence-electron chi connectivity index (χ2n) is 6.90. The molecule has 0 bridgehead atoms. The topological polar surface area (TPSA) is 97.7 Å². The predicted octanol–water partition coefficient (Wildman–Crippen LogP) is 4.06. The number of esters is 1. The third-order valence-corrected chi connectivity index (χ3v) is 4.90. The standard InChI is InChI=1S/C20H19F3N6O2/c1-4-31-19(30)11-5-6-12-10(2)15(27-13(12)7-11)16-14-17(24-3)25-9-26-18(14)29(28-16)8-20(21,22)23/h5-7,9,27H,4,8H2,1-3H3,(H,24,25,26). The first-order chi connectivity index (χ1) is 14.7. The second-order valence-corrected chi connectivity index (χ2v) is 6.90. The van der Waals surface area contributed by atoms with E-state index < -0.39 is 18.7 Å². The molecule has 0 atom stereocenters. The van der Waals surface area contributed by atoms with Crippen LogP contribution in [0.1, 0.15) is 22.8 Å². The van der Waals surface area contributed by atoms with Gasteiger partial charge in [0.1, 0.15) is 24.4 Å². The molecule has 0 aliphatic carbocycles. The van der Waals surface area contributed by atoms with Gasteiger partial charge in [-0.1, -0.05) is 6.07 Å². The summed E-state index contributed by atoms with van der Waals surface area (Å²) in [6.07, 6.45) is -3.28. The summed E-state index contributed by atoms with van der Waals surface area (Å²) < 4.78 is 45.2. The number of halogens is 3. The molecular weight excluding hydrogens is 413 g/mol. The molecule has 0 amide bonds. The number of H-pyrrole nitrogens is 1. The Morgan fingerprint density at radius 3 is 2.74 bits per heavy atom. The van der Waals surface area contributed by atoms with Crippen LogP contribution in [0.5, 0.6) is 0 Å². The Kier molecular flexibility index (Phi) is 5.03. The van der Waals surface area contributed by atoms with Crippen LogP contribution < -0.4 is 5.32 Å². The van der Waals surface area contributed by atoms with E-state index in [1.807, 2.05) is 6.92 Å². The van der Waals surface area contributed by atoms with Crippen LogP contribution in [0.4, 0.5) is 19.0 Å². The Labute approximate surface area is 174 Å². The number of nitrogens with zero attached hydrogens (tertiary/aromatic N) is 4. The number of hydrogen-bond donors (Lipinski definition) is 2. The first-order valence-corrected chi connectivity index (χ1v) is 9.49. The van der Waals surface area contributed by atoms with Gasteiger partial charge in [-0.2, -0.15) is 18.3 Å². The first-order valence-electron chi connectivity index (χ1n) is 9.49. The Balaban J connectivity index is 1.93. The van der Waals surface area contributed by atoms with Crippen molar-refractivity contribution in [3.63, 3.8) is 0 Å². The summed E-state index contributed by atoms with van der Waals surface area (Å²) in [4.78, 5) is 23.4. The SMILES string of the molecule is CCOC(=O)c1ccc2c(C)c(-c3nn(CC(F)(F)F)c4ncnc(NC)c34)[nH]c2c1. The highest BCUT2D eigenvalue weighted by Crippen LogP contribution is 2.36. The number of anilines is 1. The molecule has 0 aliphatic heterocycles. The van der Waals surface area contributed by atoms with Gasteiger partial charge in [0.2, 0.25) is 0 Å². The van der Waals surface area contributed by atoms with Crippen LogP contribution in [0, 0.1) is 6.92 Å². The number of aromatic amines is 1. The van der Waals surface area contributed by atoms with Crippen LogP contribution in [0.25, 0.3) is 33.3 Å². The van der Waals surface area contributed by atoms with Gasteiger partial charge in [-0.15, -0.1) is 0 Å². The number of fused-ring (bicyclic) bond motifs is 2. The largest absolute Gasteiger partial charge is 0.462 e. The lowest BCUT2D eigenvalue weighted by atomic mass is 10.1. The maximum Gasteiger partial charge on any atom is 0.408 e. The Hall–Kier alpha value is -3.63. The highest BCUT2D eigenvalue weighted by molar-refractivity contribution is 6.03. The van der Waals surface area contributed by atoms with E-state index in [4.69, 9.17) is 4.74 Å². The van der Waals surface area contributed by atoms with Crippen molar-refractivity contribution in [1.82, 2.24) is 24.7 Å². The highest BCUT2D eigenvalue weighted by atomic mass is 19.4. The van der Waals surface area contributed by atoms with Gasteiger partial charge in [0.05, 0.1) is 23.3 Å². The molecule has 4 rings (SSSR count). The minimum absolute atomic E-state index is 0.0666. The summed E-state index contributed by atoms with van der Waals surface area (Å²) in [7, 11) is 1.62. The lowest BCUT2D eigenvalue weighted by Gasteiger charge is -2.06. The van der Waals surface area contributed by atoms with E-state index in [9.17, 15) is 18.0 Å². The summed E-state index contributed by atoms with van der Waals surface area (Å²) in [5, 5.41) is 8.29. The van der Waals surface area contributed by atoms with Crippen molar-refractivity contribution in [3.8, 4) is 11.4 Å².